The molecule has 0 saturated carbocycles. The smallest absolute Gasteiger partial charge is 0.358 e. The van der Waals surface area contributed by atoms with E-state index < -0.39 is 14.8 Å². The van der Waals surface area contributed by atoms with Crippen LogP contribution < -0.4 is 0 Å². The molecule has 0 N–H and O–H groups in total. The topological polar surface area (TPSA) is 56.5 Å². The van der Waals surface area contributed by atoms with Crippen LogP contribution >= 0.6 is 0 Å². The second kappa shape index (κ2) is 9.33. The van der Waals surface area contributed by atoms with E-state index in [0.29, 0.717) is 17.0 Å². The molecule has 0 unspecified atom stereocenters. The van der Waals surface area contributed by atoms with Gasteiger partial charge in [0.15, 0.2) is 5.69 Å². The number of ether oxygens (including phenoxy) is 1. The van der Waals surface area contributed by atoms with E-state index in [-0.39, 0.29) is 24.7 Å². The Hall–Kier alpha value is -3.50. The van der Waals surface area contributed by atoms with E-state index >= 15 is 0 Å². The zero-order valence-electron chi connectivity index (χ0n) is 18.3. The van der Waals surface area contributed by atoms with Crippen LogP contribution in [0, 0.1) is 17.7 Å². The molecule has 2 aromatic carbocycles. The molecule has 0 fully saturated rings. The Balaban J connectivity index is 1.89. The number of hydrogen-bond donors (Lipinski definition) is 0. The van der Waals surface area contributed by atoms with Crippen LogP contribution in [0.5, 0.6) is 0 Å². The number of hydrogen-bond acceptors (Lipinski definition) is 4. The maximum absolute atomic E-state index is 14.8. The Morgan fingerprint density at radius 1 is 1.22 bits per heavy atom. The van der Waals surface area contributed by atoms with Gasteiger partial charge in [0, 0.05) is 22.7 Å². The molecule has 1 aliphatic heterocycles. The number of rotatable bonds is 4. The predicted octanol–water partition coefficient (Wildman–Crippen LogP) is 4.65. The van der Waals surface area contributed by atoms with Crippen molar-refractivity contribution in [3.63, 3.8) is 0 Å². The normalized spacial score (nSPS) is 12.2. The van der Waals surface area contributed by atoms with Gasteiger partial charge in [-0.25, -0.2) is 14.2 Å². The quantitative estimate of drug-likeness (QED) is 0.335. The fourth-order valence-electron chi connectivity index (χ4n) is 3.56. The molecule has 161 valence electrons. The molecule has 5 nitrogen and oxygen atoms in total. The first-order valence-corrected chi connectivity index (χ1v) is 13.2. The molecule has 3 aromatic rings. The standard InChI is InChI=1S/C25H23FN3O2Si/c1-4-31-25(30)24-22-15-27-23(18-9-5-6-10-20(18)26)19-14-17(8-7-13-32(2)3)11-12-21(19)29(22)16-28-24/h5-6,9-12,14,16H,4,13,15H2,1-3H3. The summed E-state index contributed by atoms with van der Waals surface area (Å²) < 4.78 is 21.7. The number of esters is 1. The number of fused-ring (bicyclic) bond motifs is 3. The third-order valence-electron chi connectivity index (χ3n) is 5.04. The van der Waals surface area contributed by atoms with Crippen LogP contribution in [0.15, 0.2) is 53.8 Å². The maximum atomic E-state index is 14.8. The first-order valence-electron chi connectivity index (χ1n) is 10.4. The van der Waals surface area contributed by atoms with Gasteiger partial charge in [-0.15, -0.1) is 5.92 Å². The van der Waals surface area contributed by atoms with E-state index in [1.54, 1.807) is 31.5 Å². The number of aromatic nitrogens is 2. The second-order valence-electron chi connectivity index (χ2n) is 7.69. The largest absolute Gasteiger partial charge is 0.461 e. The van der Waals surface area contributed by atoms with Gasteiger partial charge in [-0.05, 0) is 37.3 Å². The van der Waals surface area contributed by atoms with Crippen molar-refractivity contribution in [1.29, 1.82) is 0 Å². The minimum atomic E-state index is -0.494. The van der Waals surface area contributed by atoms with Crippen LogP contribution in [0.25, 0.3) is 5.69 Å². The number of carbonyl (C=O) groups is 1. The lowest BCUT2D eigenvalue weighted by Crippen LogP contribution is -2.10. The summed E-state index contributed by atoms with van der Waals surface area (Å²) in [5, 5.41) is 0. The van der Waals surface area contributed by atoms with Crippen molar-refractivity contribution in [2.75, 3.05) is 6.61 Å². The Morgan fingerprint density at radius 2 is 2.03 bits per heavy atom. The van der Waals surface area contributed by atoms with E-state index in [0.717, 1.165) is 22.9 Å². The number of nitrogens with zero attached hydrogens (tertiary/aromatic N) is 3. The third kappa shape index (κ3) is 4.27. The fraction of sp³-hybridized carbons (Fsp3) is 0.240. The highest BCUT2D eigenvalue weighted by Gasteiger charge is 2.26. The summed E-state index contributed by atoms with van der Waals surface area (Å²) in [5.74, 6) is 5.62. The minimum absolute atomic E-state index is 0.172. The summed E-state index contributed by atoms with van der Waals surface area (Å²) in [7, 11) is -0.438. The van der Waals surface area contributed by atoms with Crippen LogP contribution in [-0.2, 0) is 11.3 Å². The van der Waals surface area contributed by atoms with Crippen molar-refractivity contribution < 1.29 is 13.9 Å². The minimum Gasteiger partial charge on any atom is -0.461 e. The van der Waals surface area contributed by atoms with Gasteiger partial charge in [-0.3, -0.25) is 9.56 Å². The van der Waals surface area contributed by atoms with Crippen molar-refractivity contribution in [2.24, 2.45) is 4.99 Å². The molecule has 0 spiro atoms. The lowest BCUT2D eigenvalue weighted by atomic mass is 9.98. The first-order chi connectivity index (χ1) is 15.5. The number of halogens is 1. The highest BCUT2D eigenvalue weighted by atomic mass is 28.3. The molecule has 1 radical (unpaired) electrons. The zero-order valence-corrected chi connectivity index (χ0v) is 19.3. The molecule has 0 saturated heterocycles. The highest BCUT2D eigenvalue weighted by Crippen LogP contribution is 2.28. The molecule has 0 atom stereocenters. The van der Waals surface area contributed by atoms with Crippen molar-refractivity contribution in [2.45, 2.75) is 32.6 Å². The van der Waals surface area contributed by atoms with E-state index in [2.05, 4.69) is 29.9 Å². The molecule has 2 heterocycles. The predicted molar refractivity (Wildman–Crippen MR) is 124 cm³/mol. The summed E-state index contributed by atoms with van der Waals surface area (Å²) in [6, 6.07) is 13.3. The van der Waals surface area contributed by atoms with E-state index in [4.69, 9.17) is 9.73 Å². The summed E-state index contributed by atoms with van der Waals surface area (Å²) in [4.78, 5) is 21.4. The van der Waals surface area contributed by atoms with Crippen LogP contribution in [0.3, 0.4) is 0 Å². The monoisotopic (exact) mass is 444 g/mol. The van der Waals surface area contributed by atoms with E-state index in [9.17, 15) is 9.18 Å². The van der Waals surface area contributed by atoms with Crippen molar-refractivity contribution in [3.05, 3.63) is 82.7 Å². The molecule has 1 aliphatic rings. The molecular weight excluding hydrogens is 421 g/mol. The Morgan fingerprint density at radius 3 is 2.78 bits per heavy atom. The Kier molecular flexibility index (Phi) is 6.33. The van der Waals surface area contributed by atoms with Crippen LogP contribution in [-0.4, -0.2) is 36.6 Å². The van der Waals surface area contributed by atoms with Gasteiger partial charge in [0.25, 0.3) is 0 Å². The summed E-state index contributed by atoms with van der Waals surface area (Å²) in [5.41, 5.74) is 4.11. The average molecular weight is 445 g/mol. The zero-order chi connectivity index (χ0) is 22.7. The lowest BCUT2D eigenvalue weighted by molar-refractivity contribution is 0.0518. The van der Waals surface area contributed by atoms with Gasteiger partial charge < -0.3 is 4.74 Å². The number of benzene rings is 2. The maximum Gasteiger partial charge on any atom is 0.358 e. The molecule has 32 heavy (non-hydrogen) atoms. The molecule has 0 amide bonds. The van der Waals surface area contributed by atoms with E-state index in [1.165, 1.54) is 6.07 Å². The van der Waals surface area contributed by atoms with Crippen LogP contribution in [0.2, 0.25) is 19.1 Å². The van der Waals surface area contributed by atoms with Gasteiger partial charge in [0.1, 0.15) is 12.1 Å². The van der Waals surface area contributed by atoms with Crippen LogP contribution in [0.1, 0.15) is 39.8 Å². The van der Waals surface area contributed by atoms with E-state index in [1.807, 2.05) is 22.8 Å². The van der Waals surface area contributed by atoms with Gasteiger partial charge in [-0.2, -0.15) is 0 Å². The molecular formula is C25H23FN3O2Si. The second-order valence-corrected chi connectivity index (χ2v) is 10.5. The first kappa shape index (κ1) is 21.7. The summed E-state index contributed by atoms with van der Waals surface area (Å²) >= 11 is 0. The molecule has 7 heteroatoms. The van der Waals surface area contributed by atoms with Crippen molar-refractivity contribution >= 4 is 20.5 Å². The average Bonchev–Trinajstić information content (AvgIpc) is 3.12. The van der Waals surface area contributed by atoms with Gasteiger partial charge in [-0.1, -0.05) is 31.1 Å². The molecule has 1 aromatic heterocycles. The lowest BCUT2D eigenvalue weighted by Gasteiger charge is -2.13. The molecule has 4 rings (SSSR count). The van der Waals surface area contributed by atoms with Crippen LogP contribution in [0.4, 0.5) is 4.39 Å². The third-order valence-corrected chi connectivity index (χ3v) is 5.92. The van der Waals surface area contributed by atoms with Gasteiger partial charge in [0.2, 0.25) is 0 Å². The SMILES string of the molecule is CCOC(=O)c1ncn2c1CN=C(c1ccccc1F)c1cc(C#CC[Si](C)C)ccc1-2. The van der Waals surface area contributed by atoms with Gasteiger partial charge >= 0.3 is 5.97 Å². The van der Waals surface area contributed by atoms with Gasteiger partial charge in [0.05, 0.1) is 39.0 Å². The Bertz CT molecular complexity index is 1270. The fourth-order valence-corrected chi connectivity index (χ4v) is 4.00. The number of aliphatic imine (C=N–C) groups is 1. The molecule has 0 bridgehead atoms. The Labute approximate surface area is 188 Å². The number of carbonyl (C=O) groups excluding carboxylic acids is 1. The van der Waals surface area contributed by atoms with Crippen molar-refractivity contribution in [1.82, 2.24) is 9.55 Å². The van der Waals surface area contributed by atoms with Crippen molar-refractivity contribution in [3.8, 4) is 17.5 Å². The summed E-state index contributed by atoms with van der Waals surface area (Å²) in [6.07, 6.45) is 1.59. The number of imidazole rings is 1. The molecule has 0 aliphatic carbocycles. The summed E-state index contributed by atoms with van der Waals surface area (Å²) in [6.45, 7) is 6.62. The highest BCUT2D eigenvalue weighted by molar-refractivity contribution is 6.56.